The molecule has 4 heterocycles. The summed E-state index contributed by atoms with van der Waals surface area (Å²) in [6.45, 7) is 0.00892. The topological polar surface area (TPSA) is 111 Å². The average Bonchev–Trinajstić information content (AvgIpc) is 3.41. The molecular weight excluding hydrogens is 600 g/mol. The Morgan fingerprint density at radius 2 is 1.88 bits per heavy atom. The number of amides is 1. The number of aromatic nitrogens is 4. The number of alkyl halides is 2. The third kappa shape index (κ3) is 4.53. The Hall–Kier alpha value is -3.88. The second kappa shape index (κ2) is 10.1. The zero-order valence-corrected chi connectivity index (χ0v) is 23.5. The fourth-order valence-electron chi connectivity index (χ4n) is 5.27. The number of benzene rings is 1. The maximum Gasteiger partial charge on any atom is 0.333 e. The monoisotopic (exact) mass is 620 g/mol. The highest BCUT2D eigenvalue weighted by molar-refractivity contribution is 7.92. The molecule has 3 atom stereocenters. The van der Waals surface area contributed by atoms with E-state index in [0.29, 0.717) is 27.9 Å². The standard InChI is InChI=1S/C27H21ClF4N6O3S/c1-12-8-33-24(15-4-3-5-19(22(15)29)42(41)35-10-20(39)36-42)23(30)25(12)38-13(2)6-18(21(28)26(38)40)17-7-16(17)14-9-34-37(11-14)27(31)32/h3-6,8-9,11,16-17,27H,7,10H2,1-2H3,(H,35,36,39,41)/t16-,17+,42?/m1/s1. The van der Waals surface area contributed by atoms with E-state index in [0.717, 1.165) is 4.57 Å². The minimum atomic E-state index is -3.59. The van der Waals surface area contributed by atoms with Crippen molar-refractivity contribution in [1.82, 2.24) is 24.1 Å². The van der Waals surface area contributed by atoms with Gasteiger partial charge in [-0.3, -0.25) is 19.1 Å². The van der Waals surface area contributed by atoms with Crippen LogP contribution in [0.2, 0.25) is 5.02 Å². The van der Waals surface area contributed by atoms with Crippen molar-refractivity contribution in [3.8, 4) is 16.9 Å². The summed E-state index contributed by atoms with van der Waals surface area (Å²) in [5.74, 6) is -3.18. The fraction of sp³-hybridized carbons (Fsp3) is 0.259. The van der Waals surface area contributed by atoms with Crippen LogP contribution in [-0.2, 0) is 14.7 Å². The molecule has 1 fully saturated rings. The smallest absolute Gasteiger partial charge is 0.277 e. The number of nitrogens with one attached hydrogen (secondary N) is 1. The van der Waals surface area contributed by atoms with E-state index in [1.54, 1.807) is 13.0 Å². The minimum Gasteiger partial charge on any atom is -0.277 e. The van der Waals surface area contributed by atoms with Gasteiger partial charge in [0.15, 0.2) is 11.6 Å². The van der Waals surface area contributed by atoms with Gasteiger partial charge >= 0.3 is 6.55 Å². The first-order valence-corrected chi connectivity index (χ1v) is 14.5. The van der Waals surface area contributed by atoms with Crippen LogP contribution in [0.15, 0.2) is 56.9 Å². The molecule has 6 rings (SSSR count). The summed E-state index contributed by atoms with van der Waals surface area (Å²) >= 11 is 6.52. The Balaban J connectivity index is 1.42. The lowest BCUT2D eigenvalue weighted by atomic mass is 10.0. The minimum absolute atomic E-state index is 0.157. The van der Waals surface area contributed by atoms with Gasteiger partial charge in [-0.1, -0.05) is 17.7 Å². The van der Waals surface area contributed by atoms with Crippen molar-refractivity contribution in [2.45, 2.75) is 43.5 Å². The predicted octanol–water partition coefficient (Wildman–Crippen LogP) is 5.18. The number of carbonyl (C=O) groups is 1. The molecule has 1 unspecified atom stereocenters. The van der Waals surface area contributed by atoms with E-state index in [1.807, 2.05) is 0 Å². The highest BCUT2D eigenvalue weighted by Crippen LogP contribution is 2.56. The van der Waals surface area contributed by atoms with Crippen LogP contribution in [0.3, 0.4) is 0 Å². The van der Waals surface area contributed by atoms with Crippen LogP contribution in [0.25, 0.3) is 16.9 Å². The molecule has 218 valence electrons. The summed E-state index contributed by atoms with van der Waals surface area (Å²) < 4.78 is 78.3. The molecule has 42 heavy (non-hydrogen) atoms. The lowest BCUT2D eigenvalue weighted by molar-refractivity contribution is -0.116. The third-order valence-corrected chi connectivity index (χ3v) is 9.65. The normalized spacial score (nSPS) is 21.7. The quantitative estimate of drug-likeness (QED) is 0.299. The number of carbonyl (C=O) groups excluding carboxylic acids is 1. The summed E-state index contributed by atoms with van der Waals surface area (Å²) in [5, 5.41) is 3.51. The van der Waals surface area contributed by atoms with Crippen LogP contribution in [-0.4, -0.2) is 36.0 Å². The van der Waals surface area contributed by atoms with Gasteiger partial charge in [0.2, 0.25) is 0 Å². The van der Waals surface area contributed by atoms with Crippen molar-refractivity contribution in [3.05, 3.63) is 92.3 Å². The van der Waals surface area contributed by atoms with Gasteiger partial charge in [0.05, 0.1) is 23.3 Å². The van der Waals surface area contributed by atoms with E-state index in [2.05, 4.69) is 19.2 Å². The number of hydrogen-bond donors (Lipinski definition) is 1. The molecule has 0 radical (unpaired) electrons. The van der Waals surface area contributed by atoms with Crippen LogP contribution in [0, 0.1) is 25.5 Å². The van der Waals surface area contributed by atoms with Crippen molar-refractivity contribution >= 4 is 27.4 Å². The lowest BCUT2D eigenvalue weighted by Gasteiger charge is -2.18. The molecule has 0 saturated heterocycles. The summed E-state index contributed by atoms with van der Waals surface area (Å²) in [4.78, 5) is 28.8. The molecule has 1 aromatic carbocycles. The molecule has 15 heteroatoms. The molecule has 1 N–H and O–H groups in total. The summed E-state index contributed by atoms with van der Waals surface area (Å²) in [6.07, 6.45) is 4.45. The molecule has 1 saturated carbocycles. The third-order valence-electron chi connectivity index (χ3n) is 7.37. The van der Waals surface area contributed by atoms with Gasteiger partial charge in [-0.25, -0.2) is 22.4 Å². The highest BCUT2D eigenvalue weighted by Gasteiger charge is 2.42. The van der Waals surface area contributed by atoms with E-state index in [-0.39, 0.29) is 40.2 Å². The molecule has 4 aromatic rings. The van der Waals surface area contributed by atoms with Crippen LogP contribution in [0.1, 0.15) is 47.2 Å². The number of nitrogens with zero attached hydrogens (tertiary/aromatic N) is 5. The van der Waals surface area contributed by atoms with E-state index >= 15 is 8.78 Å². The van der Waals surface area contributed by atoms with Crippen LogP contribution in [0.4, 0.5) is 17.6 Å². The maximum absolute atomic E-state index is 16.2. The number of hydrogen-bond acceptors (Lipinski definition) is 5. The van der Waals surface area contributed by atoms with E-state index in [4.69, 9.17) is 11.6 Å². The lowest BCUT2D eigenvalue weighted by Crippen LogP contribution is -2.24. The largest absolute Gasteiger partial charge is 0.333 e. The Kier molecular flexibility index (Phi) is 6.82. The van der Waals surface area contributed by atoms with Gasteiger partial charge < -0.3 is 0 Å². The van der Waals surface area contributed by atoms with Crippen LogP contribution < -0.4 is 10.3 Å². The summed E-state index contributed by atoms with van der Waals surface area (Å²) in [6, 6.07) is 5.39. The highest BCUT2D eigenvalue weighted by atomic mass is 35.5. The number of rotatable bonds is 6. The van der Waals surface area contributed by atoms with Gasteiger partial charge in [0.25, 0.3) is 11.5 Å². The van der Waals surface area contributed by atoms with E-state index < -0.39 is 50.2 Å². The molecule has 0 spiro atoms. The number of pyridine rings is 2. The molecule has 1 aliphatic heterocycles. The van der Waals surface area contributed by atoms with Gasteiger partial charge in [0, 0.05) is 23.7 Å². The molecule has 3 aromatic heterocycles. The van der Waals surface area contributed by atoms with Crippen molar-refractivity contribution < 1.29 is 26.6 Å². The van der Waals surface area contributed by atoms with Gasteiger partial charge in [-0.05, 0) is 67.0 Å². The summed E-state index contributed by atoms with van der Waals surface area (Å²) in [5.41, 5.74) is -0.0291. The van der Waals surface area contributed by atoms with Gasteiger partial charge in [0.1, 0.15) is 20.6 Å². The number of aryl methyl sites for hydroxylation is 2. The van der Waals surface area contributed by atoms with Crippen molar-refractivity contribution in [1.29, 1.82) is 0 Å². The molecule has 0 bridgehead atoms. The Morgan fingerprint density at radius 1 is 1.12 bits per heavy atom. The maximum atomic E-state index is 16.2. The first kappa shape index (κ1) is 28.2. The molecule has 9 nitrogen and oxygen atoms in total. The first-order valence-electron chi connectivity index (χ1n) is 12.6. The molecule has 1 amide bonds. The zero-order chi connectivity index (χ0) is 30.1. The average molecular weight is 621 g/mol. The predicted molar refractivity (Wildman–Crippen MR) is 145 cm³/mol. The number of halogens is 5. The second-order valence-electron chi connectivity index (χ2n) is 10.1. The fourth-order valence-corrected chi connectivity index (χ4v) is 7.15. The van der Waals surface area contributed by atoms with Crippen molar-refractivity contribution in [2.24, 2.45) is 4.36 Å². The van der Waals surface area contributed by atoms with Gasteiger partial charge in [-0.2, -0.15) is 13.9 Å². The van der Waals surface area contributed by atoms with Crippen LogP contribution in [0.5, 0.6) is 0 Å². The second-order valence-corrected chi connectivity index (χ2v) is 12.4. The van der Waals surface area contributed by atoms with E-state index in [1.165, 1.54) is 43.7 Å². The van der Waals surface area contributed by atoms with Gasteiger partial charge in [-0.15, -0.1) is 4.36 Å². The molecular formula is C27H21ClF4N6O3S. The summed E-state index contributed by atoms with van der Waals surface area (Å²) in [7, 11) is -3.59. The SMILES string of the molecule is Cc1cnc(-c2cccc(S3(=O)=NC(=O)CN3)c2F)c(F)c1-n1c(C)cc([C@H]2C[C@@H]2c2cnn(C(F)F)c2)c(Cl)c1=O. The Morgan fingerprint density at radius 3 is 2.55 bits per heavy atom. The van der Waals surface area contributed by atoms with E-state index in [9.17, 15) is 22.6 Å². The van der Waals surface area contributed by atoms with Crippen LogP contribution >= 0.6 is 11.6 Å². The van der Waals surface area contributed by atoms with Crippen molar-refractivity contribution in [3.63, 3.8) is 0 Å². The Labute approximate surface area is 241 Å². The van der Waals surface area contributed by atoms with Crippen molar-refractivity contribution in [2.75, 3.05) is 6.54 Å². The zero-order valence-electron chi connectivity index (χ0n) is 21.9. The molecule has 1 aliphatic carbocycles. The Bertz CT molecular complexity index is 1980. The molecule has 2 aliphatic rings. The first-order chi connectivity index (χ1) is 19.9.